The maximum absolute atomic E-state index is 11.8. The van der Waals surface area contributed by atoms with Crippen LogP contribution in [-0.2, 0) is 4.74 Å². The van der Waals surface area contributed by atoms with Crippen LogP contribution in [0.4, 0.5) is 0 Å². The number of ether oxygens (including phenoxy) is 1. The third-order valence-corrected chi connectivity index (χ3v) is 2.79. The molecular weight excluding hydrogens is 204 g/mol. The van der Waals surface area contributed by atoms with Crippen LogP contribution in [0.3, 0.4) is 0 Å². The number of nitrogens with one attached hydrogen (secondary N) is 2. The van der Waals surface area contributed by atoms with E-state index >= 15 is 0 Å². The highest BCUT2D eigenvalue weighted by Gasteiger charge is 2.20. The van der Waals surface area contributed by atoms with Crippen LogP contribution in [0.1, 0.15) is 10.4 Å². The molecule has 0 aliphatic carbocycles. The summed E-state index contributed by atoms with van der Waals surface area (Å²) in [6.45, 7) is 1.24. The molecule has 1 fully saturated rings. The quantitative estimate of drug-likeness (QED) is 0.795. The lowest BCUT2D eigenvalue weighted by atomic mass is 10.1. The molecule has 4 heteroatoms. The van der Waals surface area contributed by atoms with Gasteiger partial charge in [0.15, 0.2) is 0 Å². The van der Waals surface area contributed by atoms with E-state index in [4.69, 9.17) is 4.74 Å². The van der Waals surface area contributed by atoms with E-state index in [1.807, 2.05) is 30.5 Å². The van der Waals surface area contributed by atoms with Crippen molar-refractivity contribution in [1.82, 2.24) is 10.3 Å². The third kappa shape index (κ3) is 1.57. The second-order valence-corrected chi connectivity index (χ2v) is 3.99. The maximum Gasteiger partial charge on any atom is 0.251 e. The van der Waals surface area contributed by atoms with Crippen molar-refractivity contribution in [3.05, 3.63) is 36.0 Å². The van der Waals surface area contributed by atoms with Gasteiger partial charge in [0, 0.05) is 17.3 Å². The van der Waals surface area contributed by atoms with Gasteiger partial charge in [-0.15, -0.1) is 0 Å². The molecule has 2 N–H and O–H groups in total. The normalized spacial score (nSPS) is 16.0. The monoisotopic (exact) mass is 216 g/mol. The van der Waals surface area contributed by atoms with Gasteiger partial charge in [0.25, 0.3) is 5.91 Å². The van der Waals surface area contributed by atoms with E-state index in [1.165, 1.54) is 0 Å². The van der Waals surface area contributed by atoms with E-state index < -0.39 is 0 Å². The van der Waals surface area contributed by atoms with Crippen molar-refractivity contribution in [2.45, 2.75) is 6.04 Å². The van der Waals surface area contributed by atoms with Gasteiger partial charge in [-0.1, -0.05) is 6.07 Å². The van der Waals surface area contributed by atoms with Crippen molar-refractivity contribution in [1.29, 1.82) is 0 Å². The summed E-state index contributed by atoms with van der Waals surface area (Å²) in [4.78, 5) is 14.9. The Hall–Kier alpha value is -1.81. The molecule has 1 aliphatic rings. The van der Waals surface area contributed by atoms with Crippen molar-refractivity contribution < 1.29 is 9.53 Å². The van der Waals surface area contributed by atoms with Crippen molar-refractivity contribution in [3.8, 4) is 0 Å². The van der Waals surface area contributed by atoms with E-state index in [0.717, 1.165) is 10.9 Å². The summed E-state index contributed by atoms with van der Waals surface area (Å²) >= 11 is 0. The first-order chi connectivity index (χ1) is 7.83. The number of fused-ring (bicyclic) bond motifs is 1. The van der Waals surface area contributed by atoms with Gasteiger partial charge in [0.2, 0.25) is 0 Å². The molecule has 1 aliphatic heterocycles. The molecular formula is C12H12N2O2. The number of hydrogen-bond acceptors (Lipinski definition) is 2. The summed E-state index contributed by atoms with van der Waals surface area (Å²) in [5, 5.41) is 4.03. The van der Waals surface area contributed by atoms with E-state index in [0.29, 0.717) is 18.8 Å². The van der Waals surface area contributed by atoms with Gasteiger partial charge >= 0.3 is 0 Å². The molecule has 3 rings (SSSR count). The summed E-state index contributed by atoms with van der Waals surface area (Å²) in [7, 11) is 0. The Morgan fingerprint density at radius 2 is 2.25 bits per heavy atom. The Morgan fingerprint density at radius 3 is 3.00 bits per heavy atom. The Morgan fingerprint density at radius 1 is 1.38 bits per heavy atom. The van der Waals surface area contributed by atoms with E-state index in [-0.39, 0.29) is 11.9 Å². The van der Waals surface area contributed by atoms with Crippen molar-refractivity contribution >= 4 is 16.8 Å². The van der Waals surface area contributed by atoms with Gasteiger partial charge in [0.1, 0.15) is 0 Å². The van der Waals surface area contributed by atoms with Crippen LogP contribution in [0.15, 0.2) is 30.5 Å². The number of aromatic nitrogens is 1. The van der Waals surface area contributed by atoms with Crippen LogP contribution in [-0.4, -0.2) is 30.1 Å². The lowest BCUT2D eigenvalue weighted by molar-refractivity contribution is -0.00346. The number of aromatic amines is 1. The van der Waals surface area contributed by atoms with Crippen LogP contribution in [0, 0.1) is 0 Å². The summed E-state index contributed by atoms with van der Waals surface area (Å²) in [6, 6.07) is 7.80. The summed E-state index contributed by atoms with van der Waals surface area (Å²) < 4.78 is 5.01. The summed E-state index contributed by atoms with van der Waals surface area (Å²) in [6.07, 6.45) is 1.87. The second kappa shape index (κ2) is 3.64. The summed E-state index contributed by atoms with van der Waals surface area (Å²) in [5.74, 6) is -0.0372. The molecule has 1 saturated heterocycles. The molecule has 1 amide bonds. The Labute approximate surface area is 92.6 Å². The average Bonchev–Trinajstić information content (AvgIpc) is 2.69. The zero-order chi connectivity index (χ0) is 11.0. The van der Waals surface area contributed by atoms with Crippen molar-refractivity contribution in [2.75, 3.05) is 13.2 Å². The molecule has 2 heterocycles. The molecule has 0 bridgehead atoms. The lowest BCUT2D eigenvalue weighted by Gasteiger charge is -2.26. The topological polar surface area (TPSA) is 54.1 Å². The molecule has 0 radical (unpaired) electrons. The lowest BCUT2D eigenvalue weighted by Crippen LogP contribution is -2.48. The highest BCUT2D eigenvalue weighted by molar-refractivity contribution is 5.98. The second-order valence-electron chi connectivity index (χ2n) is 3.99. The van der Waals surface area contributed by atoms with Gasteiger partial charge in [-0.3, -0.25) is 4.79 Å². The van der Waals surface area contributed by atoms with Gasteiger partial charge in [-0.05, 0) is 23.6 Å². The number of rotatable bonds is 2. The van der Waals surface area contributed by atoms with E-state index in [9.17, 15) is 4.79 Å². The summed E-state index contributed by atoms with van der Waals surface area (Å²) in [5.41, 5.74) is 1.67. The molecule has 0 spiro atoms. The predicted molar refractivity (Wildman–Crippen MR) is 60.4 cm³/mol. The molecule has 4 nitrogen and oxygen atoms in total. The zero-order valence-electron chi connectivity index (χ0n) is 8.69. The van der Waals surface area contributed by atoms with Crippen LogP contribution in [0.5, 0.6) is 0 Å². The minimum absolute atomic E-state index is 0.0372. The van der Waals surface area contributed by atoms with Crippen molar-refractivity contribution in [2.24, 2.45) is 0 Å². The Balaban J connectivity index is 1.83. The van der Waals surface area contributed by atoms with Gasteiger partial charge in [-0.2, -0.15) is 0 Å². The van der Waals surface area contributed by atoms with Gasteiger partial charge in [-0.25, -0.2) is 0 Å². The number of amides is 1. The highest BCUT2D eigenvalue weighted by Crippen LogP contribution is 2.14. The average molecular weight is 216 g/mol. The zero-order valence-corrected chi connectivity index (χ0v) is 8.69. The molecule has 0 unspecified atom stereocenters. The largest absolute Gasteiger partial charge is 0.377 e. The predicted octanol–water partition coefficient (Wildman–Crippen LogP) is 1.30. The first-order valence-electron chi connectivity index (χ1n) is 5.29. The molecule has 1 aromatic carbocycles. The molecule has 0 atom stereocenters. The minimum atomic E-state index is -0.0372. The van der Waals surface area contributed by atoms with Crippen LogP contribution < -0.4 is 5.32 Å². The number of carbonyl (C=O) groups excluding carboxylic acids is 1. The van der Waals surface area contributed by atoms with E-state index in [2.05, 4.69) is 10.3 Å². The van der Waals surface area contributed by atoms with Gasteiger partial charge in [0.05, 0.1) is 19.3 Å². The number of H-pyrrole nitrogens is 1. The fourth-order valence-electron chi connectivity index (χ4n) is 1.78. The fourth-order valence-corrected chi connectivity index (χ4v) is 1.78. The number of benzene rings is 1. The fraction of sp³-hybridized carbons (Fsp3) is 0.250. The highest BCUT2D eigenvalue weighted by atomic mass is 16.5. The number of hydrogen-bond donors (Lipinski definition) is 2. The molecule has 2 aromatic rings. The Bertz CT molecular complexity index is 529. The molecule has 0 saturated carbocycles. The van der Waals surface area contributed by atoms with Gasteiger partial charge < -0.3 is 15.0 Å². The van der Waals surface area contributed by atoms with Crippen LogP contribution >= 0.6 is 0 Å². The first kappa shape index (κ1) is 9.42. The first-order valence-corrected chi connectivity index (χ1v) is 5.29. The van der Waals surface area contributed by atoms with E-state index in [1.54, 1.807) is 0 Å². The number of carbonyl (C=O) groups is 1. The molecule has 16 heavy (non-hydrogen) atoms. The van der Waals surface area contributed by atoms with Crippen LogP contribution in [0.2, 0.25) is 0 Å². The van der Waals surface area contributed by atoms with Crippen LogP contribution in [0.25, 0.3) is 10.9 Å². The molecule has 82 valence electrons. The third-order valence-electron chi connectivity index (χ3n) is 2.79. The smallest absolute Gasteiger partial charge is 0.251 e. The standard InChI is InChI=1S/C12H12N2O2/c15-12(14-10-6-16-7-10)9-2-1-8-3-4-13-11(8)5-9/h1-5,10,13H,6-7H2,(H,14,15). The Kier molecular flexibility index (Phi) is 2.15. The van der Waals surface area contributed by atoms with Crippen molar-refractivity contribution in [3.63, 3.8) is 0 Å². The minimum Gasteiger partial charge on any atom is -0.377 e. The molecule has 1 aromatic heterocycles. The maximum atomic E-state index is 11.8. The SMILES string of the molecule is O=C(NC1COC1)c1ccc2cc[nH]c2c1.